The van der Waals surface area contributed by atoms with Crippen LogP contribution >= 0.6 is 11.6 Å². The van der Waals surface area contributed by atoms with Crippen LogP contribution in [0, 0.1) is 5.82 Å². The van der Waals surface area contributed by atoms with Crippen molar-refractivity contribution in [2.45, 2.75) is 18.9 Å². The van der Waals surface area contributed by atoms with E-state index < -0.39 is 11.9 Å². The Labute approximate surface area is 74.8 Å². The van der Waals surface area contributed by atoms with Crippen molar-refractivity contribution in [1.29, 1.82) is 0 Å². The average Bonchev–Trinajstić information content (AvgIpc) is 2.41. The highest BCUT2D eigenvalue weighted by Crippen LogP contribution is 2.37. The summed E-state index contributed by atoms with van der Waals surface area (Å²) in [6.07, 6.45) is 0.859. The van der Waals surface area contributed by atoms with E-state index in [1.807, 2.05) is 0 Å². The molecule has 0 radical (unpaired) electrons. The zero-order valence-corrected chi connectivity index (χ0v) is 7.11. The molecule has 1 aliphatic rings. The molecule has 0 aromatic heterocycles. The van der Waals surface area contributed by atoms with Crippen molar-refractivity contribution in [3.05, 3.63) is 34.1 Å². The molecule has 0 spiro atoms. The maximum absolute atomic E-state index is 12.9. The lowest BCUT2D eigenvalue weighted by Crippen LogP contribution is -1.93. The SMILES string of the molecule is OC1CCc2ccc(F)c(Cl)c21. The number of aliphatic hydroxyl groups excluding tert-OH is 1. The van der Waals surface area contributed by atoms with Gasteiger partial charge in [0.1, 0.15) is 5.82 Å². The third kappa shape index (κ3) is 1.03. The lowest BCUT2D eigenvalue weighted by atomic mass is 10.1. The first-order valence-electron chi connectivity index (χ1n) is 3.85. The van der Waals surface area contributed by atoms with Crippen LogP contribution in [0.4, 0.5) is 4.39 Å². The molecule has 1 aromatic rings. The van der Waals surface area contributed by atoms with Crippen molar-refractivity contribution in [2.24, 2.45) is 0 Å². The van der Waals surface area contributed by atoms with E-state index in [2.05, 4.69) is 0 Å². The Bertz CT molecular complexity index is 325. The summed E-state index contributed by atoms with van der Waals surface area (Å²) in [6, 6.07) is 3.03. The van der Waals surface area contributed by atoms with Crippen molar-refractivity contribution < 1.29 is 9.50 Å². The molecule has 0 fully saturated rings. The van der Waals surface area contributed by atoms with Gasteiger partial charge in [-0.15, -0.1) is 0 Å². The largest absolute Gasteiger partial charge is 0.388 e. The zero-order valence-electron chi connectivity index (χ0n) is 6.35. The molecule has 1 N–H and O–H groups in total. The third-order valence-electron chi connectivity index (χ3n) is 2.24. The Balaban J connectivity index is 2.63. The predicted molar refractivity (Wildman–Crippen MR) is 44.7 cm³/mol. The Morgan fingerprint density at radius 1 is 1.50 bits per heavy atom. The van der Waals surface area contributed by atoms with Crippen LogP contribution in [0.25, 0.3) is 0 Å². The van der Waals surface area contributed by atoms with Crippen LogP contribution in [0.15, 0.2) is 12.1 Å². The molecule has 3 heteroatoms. The molecule has 0 amide bonds. The Morgan fingerprint density at radius 3 is 3.00 bits per heavy atom. The van der Waals surface area contributed by atoms with E-state index in [4.69, 9.17) is 11.6 Å². The number of benzene rings is 1. The van der Waals surface area contributed by atoms with Gasteiger partial charge < -0.3 is 5.11 Å². The minimum atomic E-state index is -0.580. The topological polar surface area (TPSA) is 20.2 Å². The van der Waals surface area contributed by atoms with E-state index in [9.17, 15) is 9.50 Å². The lowest BCUT2D eigenvalue weighted by molar-refractivity contribution is 0.180. The molecule has 1 atom stereocenters. The van der Waals surface area contributed by atoms with Gasteiger partial charge in [-0.3, -0.25) is 0 Å². The molecule has 1 unspecified atom stereocenters. The first kappa shape index (κ1) is 8.02. The summed E-state index contributed by atoms with van der Waals surface area (Å²) < 4.78 is 12.9. The maximum atomic E-state index is 12.9. The fraction of sp³-hybridized carbons (Fsp3) is 0.333. The number of aliphatic hydroxyl groups is 1. The second-order valence-electron chi connectivity index (χ2n) is 2.99. The molecule has 64 valence electrons. The first-order chi connectivity index (χ1) is 5.70. The number of halogens is 2. The molecule has 1 aliphatic carbocycles. The van der Waals surface area contributed by atoms with E-state index in [1.54, 1.807) is 6.07 Å². The molecular formula is C9H8ClFO. The van der Waals surface area contributed by atoms with Gasteiger partial charge in [-0.05, 0) is 24.5 Å². The monoisotopic (exact) mass is 186 g/mol. The normalized spacial score (nSPS) is 21.1. The van der Waals surface area contributed by atoms with Crippen LogP contribution in [0.3, 0.4) is 0 Å². The maximum Gasteiger partial charge on any atom is 0.142 e. The van der Waals surface area contributed by atoms with Crippen LogP contribution in [-0.4, -0.2) is 5.11 Å². The number of rotatable bonds is 0. The highest BCUT2D eigenvalue weighted by molar-refractivity contribution is 6.31. The minimum Gasteiger partial charge on any atom is -0.388 e. The van der Waals surface area contributed by atoms with Crippen molar-refractivity contribution in [3.63, 3.8) is 0 Å². The van der Waals surface area contributed by atoms with E-state index in [0.29, 0.717) is 12.0 Å². The van der Waals surface area contributed by atoms with E-state index in [1.165, 1.54) is 6.07 Å². The van der Waals surface area contributed by atoms with Gasteiger partial charge in [0.25, 0.3) is 0 Å². The van der Waals surface area contributed by atoms with Gasteiger partial charge >= 0.3 is 0 Å². The predicted octanol–water partition coefficient (Wildman–Crippen LogP) is 2.46. The van der Waals surface area contributed by atoms with Gasteiger partial charge in [0.2, 0.25) is 0 Å². The van der Waals surface area contributed by atoms with Gasteiger partial charge in [0, 0.05) is 5.56 Å². The molecule has 2 rings (SSSR count). The van der Waals surface area contributed by atoms with Crippen LogP contribution < -0.4 is 0 Å². The number of hydrogen-bond donors (Lipinski definition) is 1. The van der Waals surface area contributed by atoms with Crippen molar-refractivity contribution >= 4 is 11.6 Å². The van der Waals surface area contributed by atoms with E-state index in [0.717, 1.165) is 12.0 Å². The molecular weight excluding hydrogens is 179 g/mol. The summed E-state index contributed by atoms with van der Waals surface area (Å²) >= 11 is 5.70. The van der Waals surface area contributed by atoms with Crippen LogP contribution in [0.5, 0.6) is 0 Å². The van der Waals surface area contributed by atoms with Crippen molar-refractivity contribution in [3.8, 4) is 0 Å². The highest BCUT2D eigenvalue weighted by atomic mass is 35.5. The zero-order chi connectivity index (χ0) is 8.72. The molecule has 1 aromatic carbocycles. The summed E-state index contributed by atoms with van der Waals surface area (Å²) in [5.41, 5.74) is 1.55. The lowest BCUT2D eigenvalue weighted by Gasteiger charge is -2.06. The van der Waals surface area contributed by atoms with Gasteiger partial charge in [0.15, 0.2) is 0 Å². The van der Waals surface area contributed by atoms with Crippen molar-refractivity contribution in [2.75, 3.05) is 0 Å². The first-order valence-corrected chi connectivity index (χ1v) is 4.23. The average molecular weight is 187 g/mol. The second kappa shape index (κ2) is 2.71. The quantitative estimate of drug-likeness (QED) is 0.660. The van der Waals surface area contributed by atoms with Gasteiger partial charge in [-0.2, -0.15) is 0 Å². The molecule has 0 bridgehead atoms. The Morgan fingerprint density at radius 2 is 2.25 bits per heavy atom. The van der Waals surface area contributed by atoms with Crippen molar-refractivity contribution in [1.82, 2.24) is 0 Å². The molecule has 1 nitrogen and oxygen atoms in total. The summed E-state index contributed by atoms with van der Waals surface area (Å²) in [6.45, 7) is 0. The summed E-state index contributed by atoms with van der Waals surface area (Å²) in [5, 5.41) is 9.52. The number of aryl methyl sites for hydroxylation is 1. The van der Waals surface area contributed by atoms with Crippen LogP contribution in [0.2, 0.25) is 5.02 Å². The van der Waals surface area contributed by atoms with E-state index >= 15 is 0 Å². The van der Waals surface area contributed by atoms with Crippen LogP contribution in [0.1, 0.15) is 23.7 Å². The summed E-state index contributed by atoms with van der Waals surface area (Å²) in [4.78, 5) is 0. The van der Waals surface area contributed by atoms with Crippen LogP contribution in [-0.2, 0) is 6.42 Å². The number of fused-ring (bicyclic) bond motifs is 1. The van der Waals surface area contributed by atoms with Gasteiger partial charge in [-0.25, -0.2) is 4.39 Å². The smallest absolute Gasteiger partial charge is 0.142 e. The molecule has 0 heterocycles. The molecule has 0 saturated carbocycles. The molecule has 12 heavy (non-hydrogen) atoms. The standard InChI is InChI=1S/C9H8ClFO/c10-9-6(11)3-1-5-2-4-7(12)8(5)9/h1,3,7,12H,2,4H2. The minimum absolute atomic E-state index is 0.0810. The molecule has 0 saturated heterocycles. The highest BCUT2D eigenvalue weighted by Gasteiger charge is 2.24. The Kier molecular flexibility index (Phi) is 1.81. The summed E-state index contributed by atoms with van der Waals surface area (Å²) in [5.74, 6) is -0.448. The summed E-state index contributed by atoms with van der Waals surface area (Å²) in [7, 11) is 0. The fourth-order valence-corrected chi connectivity index (χ4v) is 1.93. The van der Waals surface area contributed by atoms with E-state index in [-0.39, 0.29) is 5.02 Å². The fourth-order valence-electron chi connectivity index (χ4n) is 1.62. The number of hydrogen-bond acceptors (Lipinski definition) is 1. The van der Waals surface area contributed by atoms with Gasteiger partial charge in [0.05, 0.1) is 11.1 Å². The van der Waals surface area contributed by atoms with Gasteiger partial charge in [-0.1, -0.05) is 17.7 Å². The Hall–Kier alpha value is -0.600. The molecule has 0 aliphatic heterocycles. The third-order valence-corrected chi connectivity index (χ3v) is 2.63. The second-order valence-corrected chi connectivity index (χ2v) is 3.37.